The number of rotatable bonds is 2. The Balaban J connectivity index is 1.68. The van der Waals surface area contributed by atoms with Gasteiger partial charge in [-0.2, -0.15) is 0 Å². The summed E-state index contributed by atoms with van der Waals surface area (Å²) in [6, 6.07) is 1.16. The molecular weight excluding hydrogens is 196 g/mol. The lowest BCUT2D eigenvalue weighted by atomic mass is 10.1. The summed E-state index contributed by atoms with van der Waals surface area (Å²) in [4.78, 5) is 0. The average Bonchev–Trinajstić information content (AvgIpc) is 2.93. The van der Waals surface area contributed by atoms with E-state index in [4.69, 9.17) is 17.0 Å². The highest BCUT2D eigenvalue weighted by atomic mass is 32.1. The molecule has 0 radical (unpaired) electrons. The van der Waals surface area contributed by atoms with Gasteiger partial charge in [-0.3, -0.25) is 0 Å². The van der Waals surface area contributed by atoms with Crippen molar-refractivity contribution in [3.05, 3.63) is 0 Å². The van der Waals surface area contributed by atoms with Crippen molar-refractivity contribution in [1.29, 1.82) is 0 Å². The Kier molecular flexibility index (Phi) is 3.59. The van der Waals surface area contributed by atoms with E-state index in [-0.39, 0.29) is 0 Å². The molecule has 1 heterocycles. The Hall–Kier alpha value is -0.350. The monoisotopic (exact) mass is 214 g/mol. The van der Waals surface area contributed by atoms with Crippen molar-refractivity contribution >= 4 is 17.3 Å². The van der Waals surface area contributed by atoms with Crippen LogP contribution in [-0.2, 0) is 4.74 Å². The highest BCUT2D eigenvalue weighted by Gasteiger charge is 2.22. The van der Waals surface area contributed by atoms with Crippen LogP contribution in [0.5, 0.6) is 0 Å². The summed E-state index contributed by atoms with van der Waals surface area (Å²) >= 11 is 5.23. The fraction of sp³-hybridized carbons (Fsp3) is 0.900. The van der Waals surface area contributed by atoms with Gasteiger partial charge in [0.05, 0.1) is 0 Å². The predicted molar refractivity (Wildman–Crippen MR) is 60.3 cm³/mol. The summed E-state index contributed by atoms with van der Waals surface area (Å²) in [7, 11) is 0. The molecule has 0 aromatic carbocycles. The third-order valence-electron chi connectivity index (χ3n) is 2.70. The van der Waals surface area contributed by atoms with Crippen molar-refractivity contribution in [2.45, 2.75) is 44.2 Å². The normalized spacial score (nSPS) is 27.9. The molecule has 4 heteroatoms. The second kappa shape index (κ2) is 4.94. The molecule has 0 spiro atoms. The van der Waals surface area contributed by atoms with Crippen LogP contribution in [0.15, 0.2) is 0 Å². The molecule has 0 bridgehead atoms. The maximum absolute atomic E-state index is 5.40. The SMILES string of the molecule is S=C(NC1CCCOCC1)NC1CC1. The van der Waals surface area contributed by atoms with Crippen LogP contribution in [0.1, 0.15) is 32.1 Å². The number of thiocarbonyl (C=S) groups is 1. The Morgan fingerprint density at radius 3 is 2.43 bits per heavy atom. The average molecular weight is 214 g/mol. The molecule has 1 aliphatic carbocycles. The van der Waals surface area contributed by atoms with Crippen LogP contribution in [-0.4, -0.2) is 30.4 Å². The van der Waals surface area contributed by atoms with Crippen molar-refractivity contribution in [2.24, 2.45) is 0 Å². The van der Waals surface area contributed by atoms with Gasteiger partial charge >= 0.3 is 0 Å². The Morgan fingerprint density at radius 1 is 1.00 bits per heavy atom. The zero-order valence-electron chi connectivity index (χ0n) is 8.42. The number of nitrogens with one attached hydrogen (secondary N) is 2. The number of ether oxygens (including phenoxy) is 1. The van der Waals surface area contributed by atoms with Gasteiger partial charge in [0.15, 0.2) is 5.11 Å². The van der Waals surface area contributed by atoms with Gasteiger partial charge in [-0.1, -0.05) is 0 Å². The zero-order chi connectivity index (χ0) is 9.80. The van der Waals surface area contributed by atoms with Gasteiger partial charge < -0.3 is 15.4 Å². The maximum Gasteiger partial charge on any atom is 0.166 e. The Labute approximate surface area is 90.6 Å². The van der Waals surface area contributed by atoms with E-state index in [9.17, 15) is 0 Å². The third kappa shape index (κ3) is 3.42. The summed E-state index contributed by atoms with van der Waals surface area (Å²) in [5.41, 5.74) is 0. The molecule has 1 saturated carbocycles. The largest absolute Gasteiger partial charge is 0.381 e. The van der Waals surface area contributed by atoms with Crippen LogP contribution in [0.3, 0.4) is 0 Å². The summed E-state index contributed by atoms with van der Waals surface area (Å²) in [5.74, 6) is 0. The lowest BCUT2D eigenvalue weighted by molar-refractivity contribution is 0.143. The molecule has 14 heavy (non-hydrogen) atoms. The lowest BCUT2D eigenvalue weighted by Gasteiger charge is -2.18. The smallest absolute Gasteiger partial charge is 0.166 e. The fourth-order valence-electron chi connectivity index (χ4n) is 1.69. The van der Waals surface area contributed by atoms with Crippen LogP contribution >= 0.6 is 12.2 Å². The van der Waals surface area contributed by atoms with Crippen molar-refractivity contribution in [3.63, 3.8) is 0 Å². The molecule has 80 valence electrons. The second-order valence-electron chi connectivity index (χ2n) is 4.13. The molecule has 0 amide bonds. The summed E-state index contributed by atoms with van der Waals surface area (Å²) in [5, 5.41) is 7.50. The van der Waals surface area contributed by atoms with E-state index in [1.165, 1.54) is 19.3 Å². The van der Waals surface area contributed by atoms with Crippen molar-refractivity contribution in [2.75, 3.05) is 13.2 Å². The molecule has 0 aromatic rings. The highest BCUT2D eigenvalue weighted by Crippen LogP contribution is 2.18. The molecule has 2 aliphatic rings. The fourth-order valence-corrected chi connectivity index (χ4v) is 2.02. The molecule has 1 aliphatic heterocycles. The van der Waals surface area contributed by atoms with E-state index < -0.39 is 0 Å². The molecule has 1 saturated heterocycles. The van der Waals surface area contributed by atoms with E-state index in [0.29, 0.717) is 12.1 Å². The first-order valence-corrected chi connectivity index (χ1v) is 5.90. The summed E-state index contributed by atoms with van der Waals surface area (Å²) < 4.78 is 5.40. The topological polar surface area (TPSA) is 33.3 Å². The first-order chi connectivity index (χ1) is 6.84. The first-order valence-electron chi connectivity index (χ1n) is 5.49. The van der Waals surface area contributed by atoms with Crippen LogP contribution in [0, 0.1) is 0 Å². The minimum absolute atomic E-state index is 0.510. The van der Waals surface area contributed by atoms with Crippen molar-refractivity contribution in [3.8, 4) is 0 Å². The minimum Gasteiger partial charge on any atom is -0.381 e. The van der Waals surface area contributed by atoms with Crippen molar-refractivity contribution < 1.29 is 4.74 Å². The van der Waals surface area contributed by atoms with Crippen LogP contribution in [0.4, 0.5) is 0 Å². The van der Waals surface area contributed by atoms with E-state index in [0.717, 1.165) is 31.2 Å². The van der Waals surface area contributed by atoms with Crippen molar-refractivity contribution in [1.82, 2.24) is 10.6 Å². The standard InChI is InChI=1S/C10H18N2OS/c14-10(12-9-3-4-9)11-8-2-1-6-13-7-5-8/h8-9H,1-7H2,(H2,11,12,14). The Morgan fingerprint density at radius 2 is 1.71 bits per heavy atom. The minimum atomic E-state index is 0.510. The maximum atomic E-state index is 5.40. The summed E-state index contributed by atoms with van der Waals surface area (Å²) in [6.45, 7) is 1.77. The van der Waals surface area contributed by atoms with Crippen LogP contribution in [0.2, 0.25) is 0 Å². The summed E-state index contributed by atoms with van der Waals surface area (Å²) in [6.07, 6.45) is 5.94. The molecule has 2 rings (SSSR count). The Bertz CT molecular complexity index is 198. The molecule has 0 aromatic heterocycles. The van der Waals surface area contributed by atoms with Gasteiger partial charge in [-0.05, 0) is 44.3 Å². The molecule has 1 unspecified atom stereocenters. The number of hydrogen-bond donors (Lipinski definition) is 2. The van der Waals surface area contributed by atoms with Crippen LogP contribution < -0.4 is 10.6 Å². The van der Waals surface area contributed by atoms with E-state index in [1.54, 1.807) is 0 Å². The molecule has 2 N–H and O–H groups in total. The molecule has 2 fully saturated rings. The molecule has 1 atom stereocenters. The second-order valence-corrected chi connectivity index (χ2v) is 4.54. The van der Waals surface area contributed by atoms with E-state index in [2.05, 4.69) is 10.6 Å². The third-order valence-corrected chi connectivity index (χ3v) is 2.94. The quantitative estimate of drug-likeness (QED) is 0.676. The molecule has 3 nitrogen and oxygen atoms in total. The van der Waals surface area contributed by atoms with Crippen LogP contribution in [0.25, 0.3) is 0 Å². The predicted octanol–water partition coefficient (Wildman–Crippen LogP) is 1.18. The van der Waals surface area contributed by atoms with Gasteiger partial charge in [0.25, 0.3) is 0 Å². The van der Waals surface area contributed by atoms with E-state index >= 15 is 0 Å². The lowest BCUT2D eigenvalue weighted by Crippen LogP contribution is -2.42. The molecular formula is C10H18N2OS. The number of hydrogen-bond acceptors (Lipinski definition) is 2. The van der Waals surface area contributed by atoms with Gasteiger partial charge in [-0.15, -0.1) is 0 Å². The van der Waals surface area contributed by atoms with Gasteiger partial charge in [0.1, 0.15) is 0 Å². The highest BCUT2D eigenvalue weighted by molar-refractivity contribution is 7.80. The van der Waals surface area contributed by atoms with E-state index in [1.807, 2.05) is 0 Å². The van der Waals surface area contributed by atoms with Gasteiger partial charge in [0.2, 0.25) is 0 Å². The first kappa shape index (κ1) is 10.2. The zero-order valence-corrected chi connectivity index (χ0v) is 9.24. The van der Waals surface area contributed by atoms with Gasteiger partial charge in [-0.25, -0.2) is 0 Å². The van der Waals surface area contributed by atoms with Gasteiger partial charge in [0, 0.05) is 25.3 Å².